The van der Waals surface area contributed by atoms with Crippen LogP contribution in [0.15, 0.2) is 18.3 Å². The van der Waals surface area contributed by atoms with Crippen LogP contribution in [0.2, 0.25) is 0 Å². The van der Waals surface area contributed by atoms with Crippen LogP contribution in [0.1, 0.15) is 26.7 Å². The molecule has 20 heavy (non-hydrogen) atoms. The van der Waals surface area contributed by atoms with Crippen LogP contribution in [0.25, 0.3) is 0 Å². The van der Waals surface area contributed by atoms with Crippen LogP contribution in [0.5, 0.6) is 5.75 Å². The summed E-state index contributed by atoms with van der Waals surface area (Å²) in [5.74, 6) is 1.76. The zero-order valence-corrected chi connectivity index (χ0v) is 12.3. The summed E-state index contributed by atoms with van der Waals surface area (Å²) in [6.45, 7) is 6.36. The van der Waals surface area contributed by atoms with Crippen LogP contribution < -0.4 is 9.64 Å². The van der Waals surface area contributed by atoms with Crippen LogP contribution in [-0.2, 0) is 4.74 Å². The second-order valence-electron chi connectivity index (χ2n) is 5.27. The summed E-state index contributed by atoms with van der Waals surface area (Å²) in [6, 6.07) is 3.87. The number of piperidine rings is 1. The van der Waals surface area contributed by atoms with Gasteiger partial charge in [0.1, 0.15) is 0 Å². The third kappa shape index (κ3) is 4.08. The van der Waals surface area contributed by atoms with E-state index in [-0.39, 0.29) is 18.8 Å². The monoisotopic (exact) mass is 280 g/mol. The predicted molar refractivity (Wildman–Crippen MR) is 78.3 cm³/mol. The highest BCUT2D eigenvalue weighted by Gasteiger charge is 2.22. The van der Waals surface area contributed by atoms with Gasteiger partial charge in [0, 0.05) is 19.3 Å². The van der Waals surface area contributed by atoms with Gasteiger partial charge in [-0.2, -0.15) is 0 Å². The molecule has 0 unspecified atom stereocenters. The number of aliphatic hydroxyl groups excluding tert-OH is 1. The number of aromatic nitrogens is 1. The van der Waals surface area contributed by atoms with Crippen LogP contribution in [0.4, 0.5) is 5.82 Å². The predicted octanol–water partition coefficient (Wildman–Crippen LogP) is 1.85. The van der Waals surface area contributed by atoms with E-state index in [1.54, 1.807) is 6.20 Å². The molecule has 1 aromatic rings. The third-order valence-corrected chi connectivity index (χ3v) is 3.30. The highest BCUT2D eigenvalue weighted by atomic mass is 16.5. The van der Waals surface area contributed by atoms with E-state index < -0.39 is 0 Å². The molecule has 0 saturated carbocycles. The van der Waals surface area contributed by atoms with E-state index in [0.717, 1.165) is 37.5 Å². The van der Waals surface area contributed by atoms with Gasteiger partial charge < -0.3 is 19.5 Å². The number of anilines is 1. The van der Waals surface area contributed by atoms with Gasteiger partial charge in [-0.25, -0.2) is 4.98 Å². The summed E-state index contributed by atoms with van der Waals surface area (Å²) in [4.78, 5) is 6.71. The second kappa shape index (κ2) is 7.45. The van der Waals surface area contributed by atoms with E-state index in [1.807, 2.05) is 26.0 Å². The third-order valence-electron chi connectivity index (χ3n) is 3.30. The first-order valence-electron chi connectivity index (χ1n) is 7.29. The molecule has 0 aromatic carbocycles. The van der Waals surface area contributed by atoms with Gasteiger partial charge in [0.05, 0.1) is 25.4 Å². The van der Waals surface area contributed by atoms with Gasteiger partial charge in [-0.3, -0.25) is 0 Å². The normalized spacial score (nSPS) is 16.7. The molecule has 2 rings (SSSR count). The number of pyridine rings is 1. The summed E-state index contributed by atoms with van der Waals surface area (Å²) < 4.78 is 11.4. The molecule has 0 spiro atoms. The van der Waals surface area contributed by atoms with Crippen LogP contribution >= 0.6 is 0 Å². The average molecular weight is 280 g/mol. The molecule has 1 N–H and O–H groups in total. The van der Waals surface area contributed by atoms with E-state index in [0.29, 0.717) is 6.61 Å². The molecule has 0 bridgehead atoms. The number of nitrogens with zero attached hydrogens (tertiary/aromatic N) is 2. The maximum Gasteiger partial charge on any atom is 0.171 e. The zero-order valence-electron chi connectivity index (χ0n) is 12.3. The Bertz CT molecular complexity index is 404. The highest BCUT2D eigenvalue weighted by Crippen LogP contribution is 2.29. The van der Waals surface area contributed by atoms with Gasteiger partial charge in [-0.15, -0.1) is 0 Å². The molecule has 1 fully saturated rings. The molecule has 5 heteroatoms. The fourth-order valence-electron chi connectivity index (χ4n) is 2.42. The quantitative estimate of drug-likeness (QED) is 0.862. The average Bonchev–Trinajstić information content (AvgIpc) is 2.46. The number of hydrogen-bond acceptors (Lipinski definition) is 5. The highest BCUT2D eigenvalue weighted by molar-refractivity contribution is 5.52. The molecule has 1 aromatic heterocycles. The lowest BCUT2D eigenvalue weighted by Crippen LogP contribution is -2.38. The van der Waals surface area contributed by atoms with Crippen molar-refractivity contribution in [2.75, 3.05) is 31.2 Å². The Morgan fingerprint density at radius 1 is 1.40 bits per heavy atom. The lowest BCUT2D eigenvalue weighted by molar-refractivity contribution is 0.0157. The van der Waals surface area contributed by atoms with Crippen molar-refractivity contribution >= 4 is 5.82 Å². The van der Waals surface area contributed by atoms with E-state index in [2.05, 4.69) is 9.88 Å². The molecule has 112 valence electrons. The molecule has 0 aliphatic carbocycles. The van der Waals surface area contributed by atoms with E-state index in [1.165, 1.54) is 0 Å². The Kier molecular flexibility index (Phi) is 5.61. The molecule has 0 radical (unpaired) electrons. The lowest BCUT2D eigenvalue weighted by Gasteiger charge is -2.33. The van der Waals surface area contributed by atoms with Gasteiger partial charge in [0.15, 0.2) is 11.6 Å². The van der Waals surface area contributed by atoms with Crippen molar-refractivity contribution in [3.63, 3.8) is 0 Å². The van der Waals surface area contributed by atoms with Crippen molar-refractivity contribution in [2.45, 2.75) is 38.9 Å². The Morgan fingerprint density at radius 3 is 2.80 bits per heavy atom. The first-order chi connectivity index (χ1) is 9.70. The summed E-state index contributed by atoms with van der Waals surface area (Å²) in [7, 11) is 0. The molecule has 1 aliphatic rings. The van der Waals surface area contributed by atoms with Gasteiger partial charge in [-0.05, 0) is 38.8 Å². The molecule has 0 amide bonds. The van der Waals surface area contributed by atoms with Crippen LogP contribution in [-0.4, -0.2) is 48.6 Å². The summed E-state index contributed by atoms with van der Waals surface area (Å²) in [5, 5.41) is 8.79. The van der Waals surface area contributed by atoms with E-state index in [9.17, 15) is 0 Å². The Morgan fingerprint density at radius 2 is 2.15 bits per heavy atom. The minimum atomic E-state index is 0.0901. The van der Waals surface area contributed by atoms with E-state index in [4.69, 9.17) is 14.6 Å². The van der Waals surface area contributed by atoms with Crippen molar-refractivity contribution < 1.29 is 14.6 Å². The van der Waals surface area contributed by atoms with Gasteiger partial charge in [-0.1, -0.05) is 0 Å². The van der Waals surface area contributed by atoms with E-state index >= 15 is 0 Å². The number of aliphatic hydroxyl groups is 1. The SMILES string of the molecule is CC(C)Oc1cccnc1N1CCC(OCCO)CC1. The van der Waals surface area contributed by atoms with Crippen molar-refractivity contribution in [1.29, 1.82) is 0 Å². The molecular weight excluding hydrogens is 256 g/mol. The number of ether oxygens (including phenoxy) is 2. The van der Waals surface area contributed by atoms with Crippen molar-refractivity contribution in [3.05, 3.63) is 18.3 Å². The molecule has 2 heterocycles. The molecular formula is C15H24N2O3. The maximum absolute atomic E-state index is 8.79. The fourth-order valence-corrected chi connectivity index (χ4v) is 2.42. The molecule has 1 aliphatic heterocycles. The number of rotatable bonds is 6. The topological polar surface area (TPSA) is 54.8 Å². The standard InChI is InChI=1S/C15H24N2O3/c1-12(2)20-14-4-3-7-16-15(14)17-8-5-13(6-9-17)19-11-10-18/h3-4,7,12-13,18H,5-6,8-11H2,1-2H3. The Balaban J connectivity index is 1.96. The first kappa shape index (κ1) is 15.1. The summed E-state index contributed by atoms with van der Waals surface area (Å²) >= 11 is 0. The largest absolute Gasteiger partial charge is 0.487 e. The Labute approximate surface area is 120 Å². The summed E-state index contributed by atoms with van der Waals surface area (Å²) in [6.07, 6.45) is 4.10. The Hall–Kier alpha value is -1.33. The minimum absolute atomic E-state index is 0.0901. The molecule has 1 saturated heterocycles. The zero-order chi connectivity index (χ0) is 14.4. The van der Waals surface area contributed by atoms with Crippen molar-refractivity contribution in [3.8, 4) is 5.75 Å². The van der Waals surface area contributed by atoms with Crippen molar-refractivity contribution in [1.82, 2.24) is 4.98 Å². The van der Waals surface area contributed by atoms with Crippen LogP contribution in [0.3, 0.4) is 0 Å². The second-order valence-corrected chi connectivity index (χ2v) is 5.27. The maximum atomic E-state index is 8.79. The van der Waals surface area contributed by atoms with Crippen molar-refractivity contribution in [2.24, 2.45) is 0 Å². The smallest absolute Gasteiger partial charge is 0.171 e. The summed E-state index contributed by atoms with van der Waals surface area (Å²) in [5.41, 5.74) is 0. The number of hydrogen-bond donors (Lipinski definition) is 1. The lowest BCUT2D eigenvalue weighted by atomic mass is 10.1. The van der Waals surface area contributed by atoms with Gasteiger partial charge in [0.2, 0.25) is 0 Å². The molecule has 5 nitrogen and oxygen atoms in total. The fraction of sp³-hybridized carbons (Fsp3) is 0.667. The van der Waals surface area contributed by atoms with Gasteiger partial charge in [0.25, 0.3) is 0 Å². The van der Waals surface area contributed by atoms with Gasteiger partial charge >= 0.3 is 0 Å². The first-order valence-corrected chi connectivity index (χ1v) is 7.29. The minimum Gasteiger partial charge on any atom is -0.487 e. The molecule has 0 atom stereocenters. The van der Waals surface area contributed by atoms with Crippen LogP contribution in [0, 0.1) is 0 Å².